The van der Waals surface area contributed by atoms with Gasteiger partial charge < -0.3 is 4.57 Å². The summed E-state index contributed by atoms with van der Waals surface area (Å²) in [6.07, 6.45) is 2.36. The molecule has 1 saturated carbocycles. The largest absolute Gasteiger partial charge is 0.309 e. The third-order valence-electron chi connectivity index (χ3n) is 4.43. The van der Waals surface area contributed by atoms with Gasteiger partial charge in [0.2, 0.25) is 0 Å². The van der Waals surface area contributed by atoms with Gasteiger partial charge in [-0.2, -0.15) is 0 Å². The number of Topliss-reactive ketones (excluding diaryl/α,β-unsaturated/α-hetero) is 1. The number of rotatable bonds is 6. The lowest BCUT2D eigenvalue weighted by atomic mass is 10.0. The summed E-state index contributed by atoms with van der Waals surface area (Å²) < 4.78 is 2.04. The van der Waals surface area contributed by atoms with Gasteiger partial charge in [0.05, 0.1) is 0 Å². The van der Waals surface area contributed by atoms with Gasteiger partial charge in [-0.25, -0.2) is 0 Å². The molecule has 2 aromatic carbocycles. The van der Waals surface area contributed by atoms with Crippen LogP contribution >= 0.6 is 11.8 Å². The normalized spacial score (nSPS) is 15.1. The van der Waals surface area contributed by atoms with Gasteiger partial charge in [0.15, 0.2) is 10.9 Å². The number of aromatic nitrogens is 3. The Kier molecular flexibility index (Phi) is 4.40. The average Bonchev–Trinajstić information content (AvgIpc) is 3.44. The molecule has 1 fully saturated rings. The number of nitrogens with zero attached hydrogens (tertiary/aromatic N) is 3. The highest BCUT2D eigenvalue weighted by molar-refractivity contribution is 8.00. The van der Waals surface area contributed by atoms with Crippen molar-refractivity contribution < 1.29 is 4.79 Å². The molecule has 4 rings (SSSR count). The van der Waals surface area contributed by atoms with E-state index in [-0.39, 0.29) is 11.0 Å². The van der Waals surface area contributed by atoms with Crippen LogP contribution in [0.3, 0.4) is 0 Å². The van der Waals surface area contributed by atoms with Crippen LogP contribution < -0.4 is 0 Å². The maximum Gasteiger partial charge on any atom is 0.192 e. The van der Waals surface area contributed by atoms with E-state index in [0.29, 0.717) is 11.5 Å². The van der Waals surface area contributed by atoms with E-state index in [1.807, 2.05) is 72.3 Å². The first-order chi connectivity index (χ1) is 12.2. The molecule has 1 aliphatic carbocycles. The highest BCUT2D eigenvalue weighted by atomic mass is 32.2. The Bertz CT molecular complexity index is 872. The number of carbonyl (C=O) groups excluding carboxylic acids is 1. The van der Waals surface area contributed by atoms with E-state index in [4.69, 9.17) is 0 Å². The summed E-state index contributed by atoms with van der Waals surface area (Å²) in [5, 5.41) is 9.14. The minimum Gasteiger partial charge on any atom is -0.309 e. The molecule has 1 heterocycles. The van der Waals surface area contributed by atoms with Crippen molar-refractivity contribution >= 4 is 17.5 Å². The summed E-state index contributed by atoms with van der Waals surface area (Å²) in [6, 6.07) is 19.3. The van der Waals surface area contributed by atoms with Crippen LogP contribution in [0.5, 0.6) is 0 Å². The molecule has 126 valence electrons. The highest BCUT2D eigenvalue weighted by Crippen LogP contribution is 2.42. The molecular formula is C20H19N3OS. The minimum atomic E-state index is -0.335. The molecule has 0 bridgehead atoms. The first-order valence-corrected chi connectivity index (χ1v) is 9.32. The zero-order valence-electron chi connectivity index (χ0n) is 14.0. The van der Waals surface area contributed by atoms with Crippen LogP contribution in [0.4, 0.5) is 0 Å². The molecule has 5 heteroatoms. The van der Waals surface area contributed by atoms with Gasteiger partial charge in [-0.05, 0) is 18.4 Å². The third-order valence-corrected chi connectivity index (χ3v) is 5.72. The van der Waals surface area contributed by atoms with Crippen LogP contribution in [0.15, 0.2) is 65.8 Å². The molecule has 0 N–H and O–H groups in total. The van der Waals surface area contributed by atoms with Crippen molar-refractivity contribution in [3.05, 3.63) is 77.6 Å². The fraction of sp³-hybridized carbons (Fsp3) is 0.250. The quantitative estimate of drug-likeness (QED) is 0.488. The van der Waals surface area contributed by atoms with E-state index < -0.39 is 0 Å². The molecule has 1 aromatic heterocycles. The van der Waals surface area contributed by atoms with Crippen LogP contribution in [0.25, 0.3) is 0 Å². The maximum atomic E-state index is 13.1. The standard InChI is InChI=1S/C20H19N3OS/c1-23-19(16-12-13-16)21-22-20(23)25-18(15-10-6-3-7-11-15)17(24)14-8-4-2-5-9-14/h2-11,16,18H,12-13H2,1H3/t18-/m0/s1. The molecule has 1 aliphatic rings. The summed E-state index contributed by atoms with van der Waals surface area (Å²) in [7, 11) is 1.99. The fourth-order valence-electron chi connectivity index (χ4n) is 2.89. The second kappa shape index (κ2) is 6.84. The number of thioether (sulfide) groups is 1. The average molecular weight is 349 g/mol. The van der Waals surface area contributed by atoms with Crippen molar-refractivity contribution in [3.63, 3.8) is 0 Å². The van der Waals surface area contributed by atoms with Crippen LogP contribution in [-0.4, -0.2) is 20.5 Å². The van der Waals surface area contributed by atoms with E-state index in [9.17, 15) is 4.79 Å². The van der Waals surface area contributed by atoms with Gasteiger partial charge in [-0.15, -0.1) is 10.2 Å². The molecule has 1 atom stereocenters. The van der Waals surface area contributed by atoms with Gasteiger partial charge in [0, 0.05) is 18.5 Å². The SMILES string of the molecule is Cn1c(S[C@H](C(=O)c2ccccc2)c2ccccc2)nnc1C1CC1. The fourth-order valence-corrected chi connectivity index (χ4v) is 3.97. The minimum absolute atomic E-state index is 0.0905. The molecule has 0 unspecified atom stereocenters. The van der Waals surface area contributed by atoms with Crippen LogP contribution in [-0.2, 0) is 7.05 Å². The lowest BCUT2D eigenvalue weighted by Crippen LogP contribution is -2.11. The predicted molar refractivity (Wildman–Crippen MR) is 98.8 cm³/mol. The second-order valence-corrected chi connectivity index (χ2v) is 7.39. The zero-order chi connectivity index (χ0) is 17.2. The molecular weight excluding hydrogens is 330 g/mol. The number of ketones is 1. The van der Waals surface area contributed by atoms with Crippen molar-refractivity contribution in [1.29, 1.82) is 0 Å². The van der Waals surface area contributed by atoms with Gasteiger partial charge in [0.1, 0.15) is 11.1 Å². The van der Waals surface area contributed by atoms with E-state index >= 15 is 0 Å². The van der Waals surface area contributed by atoms with Crippen molar-refractivity contribution in [2.45, 2.75) is 29.2 Å². The van der Waals surface area contributed by atoms with E-state index in [1.165, 1.54) is 24.6 Å². The summed E-state index contributed by atoms with van der Waals surface area (Å²) in [6.45, 7) is 0. The Morgan fingerprint density at radius 3 is 2.32 bits per heavy atom. The Morgan fingerprint density at radius 1 is 1.04 bits per heavy atom. The number of carbonyl (C=O) groups is 1. The summed E-state index contributed by atoms with van der Waals surface area (Å²) in [5.74, 6) is 1.65. The highest BCUT2D eigenvalue weighted by Gasteiger charge is 2.31. The van der Waals surface area contributed by atoms with E-state index in [1.54, 1.807) is 0 Å². The molecule has 0 spiro atoms. The first-order valence-electron chi connectivity index (χ1n) is 8.44. The van der Waals surface area contributed by atoms with Gasteiger partial charge in [0.25, 0.3) is 0 Å². The zero-order valence-corrected chi connectivity index (χ0v) is 14.8. The maximum absolute atomic E-state index is 13.1. The Balaban J connectivity index is 1.67. The number of benzene rings is 2. The molecule has 0 radical (unpaired) electrons. The Morgan fingerprint density at radius 2 is 1.68 bits per heavy atom. The Hall–Kier alpha value is -2.40. The molecule has 3 aromatic rings. The third kappa shape index (κ3) is 3.37. The second-order valence-electron chi connectivity index (χ2n) is 6.31. The lowest BCUT2D eigenvalue weighted by molar-refractivity contribution is 0.0989. The molecule has 0 amide bonds. The van der Waals surface area contributed by atoms with Crippen molar-refractivity contribution in [3.8, 4) is 0 Å². The number of hydrogen-bond donors (Lipinski definition) is 0. The summed E-state index contributed by atoms with van der Waals surface area (Å²) >= 11 is 1.48. The van der Waals surface area contributed by atoms with E-state index in [2.05, 4.69) is 10.2 Å². The van der Waals surface area contributed by atoms with Gasteiger partial charge in [-0.3, -0.25) is 4.79 Å². The smallest absolute Gasteiger partial charge is 0.192 e. The van der Waals surface area contributed by atoms with Crippen molar-refractivity contribution in [1.82, 2.24) is 14.8 Å². The predicted octanol–water partition coefficient (Wildman–Crippen LogP) is 4.41. The van der Waals surface area contributed by atoms with Crippen LogP contribution in [0.2, 0.25) is 0 Å². The van der Waals surface area contributed by atoms with Crippen LogP contribution in [0.1, 0.15) is 45.8 Å². The van der Waals surface area contributed by atoms with E-state index in [0.717, 1.165) is 16.5 Å². The molecule has 25 heavy (non-hydrogen) atoms. The molecule has 0 saturated heterocycles. The van der Waals surface area contributed by atoms with Crippen molar-refractivity contribution in [2.75, 3.05) is 0 Å². The van der Waals surface area contributed by atoms with Crippen molar-refractivity contribution in [2.24, 2.45) is 7.05 Å². The topological polar surface area (TPSA) is 47.8 Å². The van der Waals surface area contributed by atoms with Gasteiger partial charge >= 0.3 is 0 Å². The van der Waals surface area contributed by atoms with Crippen LogP contribution in [0, 0.1) is 0 Å². The first kappa shape index (κ1) is 16.1. The molecule has 4 nitrogen and oxygen atoms in total. The monoisotopic (exact) mass is 349 g/mol. The Labute approximate surface area is 151 Å². The van der Waals surface area contributed by atoms with Gasteiger partial charge in [-0.1, -0.05) is 72.4 Å². The number of hydrogen-bond acceptors (Lipinski definition) is 4. The summed E-state index contributed by atoms with van der Waals surface area (Å²) in [5.41, 5.74) is 1.70. The molecule has 0 aliphatic heterocycles. The summed E-state index contributed by atoms with van der Waals surface area (Å²) in [4.78, 5) is 13.1. The lowest BCUT2D eigenvalue weighted by Gasteiger charge is -2.15.